The summed E-state index contributed by atoms with van der Waals surface area (Å²) in [7, 11) is 0. The molecule has 2 fully saturated rings. The molecule has 0 aromatic heterocycles. The summed E-state index contributed by atoms with van der Waals surface area (Å²) in [4.78, 5) is 57.2. The van der Waals surface area contributed by atoms with E-state index in [1.165, 1.54) is 12.1 Å². The summed E-state index contributed by atoms with van der Waals surface area (Å²) < 4.78 is 18.9. The number of likely N-dealkylation sites (tertiary alicyclic amines) is 1. The first-order valence-corrected chi connectivity index (χ1v) is 13.3. The van der Waals surface area contributed by atoms with E-state index in [-0.39, 0.29) is 45.5 Å². The SMILES string of the molecule is CCOC(=O)[C@H]1CCCN(C(=O)[C@@H]2CCCN(c3cccc4c3C(=O)N(c3ccc(F)c(Cl)c3)C4=O)C2)C1. The summed E-state index contributed by atoms with van der Waals surface area (Å²) in [6, 6.07) is 8.84. The number of fused-ring (bicyclic) bond motifs is 1. The standard InChI is InChI=1S/C28H29ClFN3O5/c1-2-38-28(37)18-7-5-13-32(16-18)25(34)17-6-4-12-31(15-17)23-9-3-8-20-24(23)27(36)33(26(20)35)19-10-11-22(30)21(29)14-19/h3,8-11,14,17-18H,2,4-7,12-13,15-16H2,1H3/t17-,18+/m1/s1. The molecule has 10 heteroatoms. The van der Waals surface area contributed by atoms with Gasteiger partial charge in [0.2, 0.25) is 5.91 Å². The number of benzene rings is 2. The van der Waals surface area contributed by atoms with Crippen LogP contribution in [-0.4, -0.2) is 61.4 Å². The second-order valence-electron chi connectivity index (χ2n) is 9.90. The van der Waals surface area contributed by atoms with Crippen LogP contribution in [-0.2, 0) is 14.3 Å². The van der Waals surface area contributed by atoms with Crippen molar-refractivity contribution in [2.75, 3.05) is 42.6 Å². The molecule has 2 aromatic carbocycles. The Balaban J connectivity index is 1.35. The van der Waals surface area contributed by atoms with Crippen molar-refractivity contribution in [1.29, 1.82) is 0 Å². The molecule has 0 unspecified atom stereocenters. The van der Waals surface area contributed by atoms with Crippen LogP contribution in [0.4, 0.5) is 15.8 Å². The molecule has 2 saturated heterocycles. The summed E-state index contributed by atoms with van der Waals surface area (Å²) in [6.07, 6.45) is 2.91. The van der Waals surface area contributed by atoms with E-state index < -0.39 is 17.6 Å². The van der Waals surface area contributed by atoms with Crippen LogP contribution in [0.1, 0.15) is 53.3 Å². The van der Waals surface area contributed by atoms with E-state index in [4.69, 9.17) is 16.3 Å². The molecule has 0 aliphatic carbocycles. The molecule has 0 spiro atoms. The first kappa shape index (κ1) is 26.2. The molecule has 200 valence electrons. The molecule has 3 amide bonds. The molecule has 0 bridgehead atoms. The van der Waals surface area contributed by atoms with Crippen LogP contribution >= 0.6 is 11.6 Å². The number of rotatable bonds is 5. The van der Waals surface area contributed by atoms with Gasteiger partial charge in [-0.05, 0) is 62.9 Å². The van der Waals surface area contributed by atoms with Crippen LogP contribution in [0.3, 0.4) is 0 Å². The lowest BCUT2D eigenvalue weighted by Gasteiger charge is -2.39. The Morgan fingerprint density at radius 2 is 1.79 bits per heavy atom. The number of halogens is 2. The average Bonchev–Trinajstić information content (AvgIpc) is 3.19. The highest BCUT2D eigenvalue weighted by molar-refractivity contribution is 6.37. The normalized spacial score (nSPS) is 21.5. The van der Waals surface area contributed by atoms with Crippen molar-refractivity contribution < 1.29 is 28.3 Å². The highest BCUT2D eigenvalue weighted by Gasteiger charge is 2.41. The fourth-order valence-corrected chi connectivity index (χ4v) is 5.85. The smallest absolute Gasteiger partial charge is 0.310 e. The van der Waals surface area contributed by atoms with Gasteiger partial charge in [-0.3, -0.25) is 19.2 Å². The Hall–Kier alpha value is -3.46. The minimum absolute atomic E-state index is 0.00117. The van der Waals surface area contributed by atoms with E-state index >= 15 is 0 Å². The van der Waals surface area contributed by atoms with Crippen molar-refractivity contribution in [3.8, 4) is 0 Å². The number of carbonyl (C=O) groups excluding carboxylic acids is 4. The van der Waals surface area contributed by atoms with Gasteiger partial charge in [-0.15, -0.1) is 0 Å². The second kappa shape index (κ2) is 10.7. The van der Waals surface area contributed by atoms with Crippen molar-refractivity contribution in [2.45, 2.75) is 32.6 Å². The molecule has 3 heterocycles. The number of piperidine rings is 2. The maximum Gasteiger partial charge on any atom is 0.310 e. The maximum atomic E-state index is 13.7. The number of carbonyl (C=O) groups is 4. The van der Waals surface area contributed by atoms with Crippen molar-refractivity contribution in [3.05, 3.63) is 58.4 Å². The zero-order valence-corrected chi connectivity index (χ0v) is 21.9. The van der Waals surface area contributed by atoms with E-state index in [2.05, 4.69) is 0 Å². The Bertz CT molecular complexity index is 1300. The minimum atomic E-state index is -0.640. The number of esters is 1. The predicted octanol–water partition coefficient (Wildman–Crippen LogP) is 4.30. The van der Waals surface area contributed by atoms with Crippen molar-refractivity contribution >= 4 is 46.7 Å². The third-order valence-electron chi connectivity index (χ3n) is 7.52. The molecule has 3 aliphatic rings. The monoisotopic (exact) mass is 541 g/mol. The maximum absolute atomic E-state index is 13.7. The molecule has 2 aromatic rings. The third-order valence-corrected chi connectivity index (χ3v) is 7.81. The Morgan fingerprint density at radius 3 is 2.55 bits per heavy atom. The van der Waals surface area contributed by atoms with E-state index in [0.29, 0.717) is 51.3 Å². The molecule has 5 rings (SSSR count). The molecule has 2 atom stereocenters. The van der Waals surface area contributed by atoms with Crippen LogP contribution in [0.25, 0.3) is 0 Å². The van der Waals surface area contributed by atoms with E-state index in [1.54, 1.807) is 30.0 Å². The van der Waals surface area contributed by atoms with Crippen LogP contribution in [0.2, 0.25) is 5.02 Å². The zero-order valence-electron chi connectivity index (χ0n) is 21.1. The van der Waals surface area contributed by atoms with Gasteiger partial charge in [-0.2, -0.15) is 0 Å². The summed E-state index contributed by atoms with van der Waals surface area (Å²) in [5, 5.41) is -0.181. The molecule has 0 radical (unpaired) electrons. The minimum Gasteiger partial charge on any atom is -0.466 e. The Morgan fingerprint density at radius 1 is 1.03 bits per heavy atom. The molecule has 3 aliphatic heterocycles. The number of hydrogen-bond donors (Lipinski definition) is 0. The predicted molar refractivity (Wildman–Crippen MR) is 140 cm³/mol. The van der Waals surface area contributed by atoms with Crippen molar-refractivity contribution in [2.24, 2.45) is 11.8 Å². The van der Waals surface area contributed by atoms with Crippen LogP contribution in [0.5, 0.6) is 0 Å². The van der Waals surface area contributed by atoms with E-state index in [0.717, 1.165) is 23.8 Å². The molecule has 8 nitrogen and oxygen atoms in total. The number of ether oxygens (including phenoxy) is 1. The topological polar surface area (TPSA) is 87.2 Å². The van der Waals surface area contributed by atoms with Gasteiger partial charge in [-0.1, -0.05) is 17.7 Å². The van der Waals surface area contributed by atoms with Crippen LogP contribution in [0, 0.1) is 17.7 Å². The lowest BCUT2D eigenvalue weighted by atomic mass is 9.92. The van der Waals surface area contributed by atoms with Gasteiger partial charge in [0.25, 0.3) is 11.8 Å². The molecule has 0 N–H and O–H groups in total. The van der Waals surface area contributed by atoms with Crippen molar-refractivity contribution in [1.82, 2.24) is 4.90 Å². The van der Waals surface area contributed by atoms with Gasteiger partial charge in [0, 0.05) is 26.2 Å². The van der Waals surface area contributed by atoms with Gasteiger partial charge in [0.15, 0.2) is 0 Å². The van der Waals surface area contributed by atoms with Crippen molar-refractivity contribution in [3.63, 3.8) is 0 Å². The van der Waals surface area contributed by atoms with Gasteiger partial charge in [0.1, 0.15) is 5.82 Å². The Labute approximate surface area is 225 Å². The number of hydrogen-bond acceptors (Lipinski definition) is 6. The quantitative estimate of drug-likeness (QED) is 0.414. The summed E-state index contributed by atoms with van der Waals surface area (Å²) in [5.41, 5.74) is 1.32. The average molecular weight is 542 g/mol. The third kappa shape index (κ3) is 4.75. The van der Waals surface area contributed by atoms with Gasteiger partial charge in [-0.25, -0.2) is 9.29 Å². The van der Waals surface area contributed by atoms with Crippen LogP contribution < -0.4 is 9.80 Å². The molecular weight excluding hydrogens is 513 g/mol. The number of nitrogens with zero attached hydrogens (tertiary/aromatic N) is 3. The summed E-state index contributed by atoms with van der Waals surface area (Å²) in [5.74, 6) is -2.51. The largest absolute Gasteiger partial charge is 0.466 e. The highest BCUT2D eigenvalue weighted by atomic mass is 35.5. The van der Waals surface area contributed by atoms with Gasteiger partial charge >= 0.3 is 5.97 Å². The number of amides is 3. The lowest BCUT2D eigenvalue weighted by Crippen LogP contribution is -2.49. The first-order valence-electron chi connectivity index (χ1n) is 13.0. The van der Waals surface area contributed by atoms with Gasteiger partial charge < -0.3 is 14.5 Å². The summed E-state index contributed by atoms with van der Waals surface area (Å²) in [6.45, 7) is 4.09. The number of anilines is 2. The summed E-state index contributed by atoms with van der Waals surface area (Å²) >= 11 is 5.91. The molecule has 0 saturated carbocycles. The number of imide groups is 1. The molecular formula is C28H29ClFN3O5. The zero-order chi connectivity index (χ0) is 27.0. The Kier molecular flexibility index (Phi) is 7.38. The first-order chi connectivity index (χ1) is 18.3. The lowest BCUT2D eigenvalue weighted by molar-refractivity contribution is -0.152. The van der Waals surface area contributed by atoms with E-state index in [9.17, 15) is 23.6 Å². The molecule has 38 heavy (non-hydrogen) atoms. The second-order valence-corrected chi connectivity index (χ2v) is 10.3. The van der Waals surface area contributed by atoms with Crippen LogP contribution in [0.15, 0.2) is 36.4 Å². The van der Waals surface area contributed by atoms with Gasteiger partial charge in [0.05, 0.1) is 46.0 Å². The highest BCUT2D eigenvalue weighted by Crippen LogP contribution is 2.37. The fraction of sp³-hybridized carbons (Fsp3) is 0.429. The van der Waals surface area contributed by atoms with E-state index in [1.807, 2.05) is 4.90 Å². The fourth-order valence-electron chi connectivity index (χ4n) is 5.68.